The molecule has 0 aliphatic carbocycles. The third-order valence-electron chi connectivity index (χ3n) is 4.69. The van der Waals surface area contributed by atoms with Gasteiger partial charge in [0.25, 0.3) is 5.56 Å². The van der Waals surface area contributed by atoms with Crippen LogP contribution in [-0.2, 0) is 16.6 Å². The number of nitrogens with zero attached hydrogens (tertiary/aromatic N) is 2. The lowest BCUT2D eigenvalue weighted by molar-refractivity contribution is 0.448. The molecule has 0 fully saturated rings. The molecule has 0 saturated carbocycles. The smallest absolute Gasteiger partial charge is 0.349 e. The molecule has 35 heavy (non-hydrogen) atoms. The first-order valence-electron chi connectivity index (χ1n) is 9.86. The van der Waals surface area contributed by atoms with E-state index in [9.17, 15) is 23.1 Å². The average molecular weight is 535 g/mol. The van der Waals surface area contributed by atoms with E-state index in [1.54, 1.807) is 24.3 Å². The molecule has 0 unspecified atom stereocenters. The van der Waals surface area contributed by atoms with Gasteiger partial charge in [0.2, 0.25) is 10.0 Å². The van der Waals surface area contributed by atoms with Gasteiger partial charge in [0.15, 0.2) is 5.75 Å². The van der Waals surface area contributed by atoms with Gasteiger partial charge in [0.1, 0.15) is 22.6 Å². The van der Waals surface area contributed by atoms with Gasteiger partial charge in [-0.3, -0.25) is 9.78 Å². The molecule has 1 aromatic heterocycles. The van der Waals surface area contributed by atoms with Gasteiger partial charge in [0, 0.05) is 12.6 Å². The number of hydrogen-bond donors (Lipinski definition) is 3. The number of H-pyrrole nitrogens is 1. The Labute approximate surface area is 208 Å². The van der Waals surface area contributed by atoms with Crippen molar-refractivity contribution in [2.75, 3.05) is 0 Å². The summed E-state index contributed by atoms with van der Waals surface area (Å²) in [6.07, 6.45) is 0.915. The summed E-state index contributed by atoms with van der Waals surface area (Å²) in [6.45, 7) is 0.0188. The number of phenols is 1. The van der Waals surface area contributed by atoms with Gasteiger partial charge in [-0.2, -0.15) is 9.78 Å². The van der Waals surface area contributed by atoms with Crippen molar-refractivity contribution < 1.29 is 18.3 Å². The van der Waals surface area contributed by atoms with E-state index < -0.39 is 31.9 Å². The van der Waals surface area contributed by atoms with Crippen LogP contribution < -0.4 is 20.7 Å². The highest BCUT2D eigenvalue weighted by molar-refractivity contribution is 7.89. The van der Waals surface area contributed by atoms with E-state index in [-0.39, 0.29) is 33.8 Å². The molecule has 3 aromatic carbocycles. The minimum absolute atomic E-state index is 0.0188. The number of hydrogen-bond acceptors (Lipinski definition) is 7. The van der Waals surface area contributed by atoms with Crippen LogP contribution in [0.2, 0.25) is 10.0 Å². The summed E-state index contributed by atoms with van der Waals surface area (Å²) in [5.41, 5.74) is -0.570. The second-order valence-corrected chi connectivity index (χ2v) is 9.68. The third kappa shape index (κ3) is 5.54. The second-order valence-electron chi connectivity index (χ2n) is 7.13. The molecule has 0 radical (unpaired) electrons. The normalized spacial score (nSPS) is 11.4. The molecule has 3 N–H and O–H groups in total. The molecule has 1 heterocycles. The fourth-order valence-electron chi connectivity index (χ4n) is 3.05. The number of aromatic amines is 1. The van der Waals surface area contributed by atoms with Gasteiger partial charge in [-0.25, -0.2) is 17.9 Å². The van der Waals surface area contributed by atoms with E-state index >= 15 is 0 Å². The molecule has 0 atom stereocenters. The van der Waals surface area contributed by atoms with Crippen molar-refractivity contribution in [1.82, 2.24) is 19.5 Å². The van der Waals surface area contributed by atoms with Crippen LogP contribution in [0.5, 0.6) is 17.2 Å². The molecule has 0 saturated heterocycles. The first kappa shape index (κ1) is 24.5. The number of sulfonamides is 1. The minimum atomic E-state index is -4.10. The van der Waals surface area contributed by atoms with Crippen LogP contribution in [0.3, 0.4) is 0 Å². The third-order valence-corrected chi connectivity index (χ3v) is 6.68. The van der Waals surface area contributed by atoms with Gasteiger partial charge in [-0.05, 0) is 29.8 Å². The first-order chi connectivity index (χ1) is 16.6. The highest BCUT2D eigenvalue weighted by atomic mass is 35.5. The van der Waals surface area contributed by atoms with E-state index in [1.807, 2.05) is 6.07 Å². The van der Waals surface area contributed by atoms with Crippen molar-refractivity contribution in [3.63, 3.8) is 0 Å². The highest BCUT2D eigenvalue weighted by Crippen LogP contribution is 2.39. The number of rotatable bonds is 7. The quantitative estimate of drug-likeness (QED) is 0.330. The second kappa shape index (κ2) is 9.92. The molecule has 0 aliphatic rings. The van der Waals surface area contributed by atoms with Gasteiger partial charge in [0.05, 0.1) is 15.7 Å². The summed E-state index contributed by atoms with van der Waals surface area (Å²) in [5.74, 6) is -0.478. The van der Waals surface area contributed by atoms with Crippen molar-refractivity contribution >= 4 is 33.2 Å². The standard InChI is InChI=1S/C22H16Cl2N4O6S/c23-16-8-14(28-22(31)27-20(30)12-25-28)9-17(24)21(16)34-15-6-7-18(29)19(10-15)35(32,33)26-11-13-4-2-1-3-5-13/h1-10,12,26,29H,11H2,(H,27,30,31). The predicted octanol–water partition coefficient (Wildman–Crippen LogP) is 3.20. The number of benzene rings is 3. The van der Waals surface area contributed by atoms with Crippen LogP contribution in [-0.4, -0.2) is 28.3 Å². The molecule has 13 heteroatoms. The molecule has 10 nitrogen and oxygen atoms in total. The summed E-state index contributed by atoms with van der Waals surface area (Å²) in [6, 6.07) is 15.1. The Kier molecular flexibility index (Phi) is 6.94. The lowest BCUT2D eigenvalue weighted by Crippen LogP contribution is -2.30. The molecule has 4 rings (SSSR count). The number of ether oxygens (including phenoxy) is 1. The molecule has 4 aromatic rings. The van der Waals surface area contributed by atoms with E-state index in [4.69, 9.17) is 27.9 Å². The SMILES string of the molecule is O=c1cnn(-c2cc(Cl)c(Oc3ccc(O)c(S(=O)(=O)NCc4ccccc4)c3)c(Cl)c2)c(=O)[nH]1. The number of halogens is 2. The molecule has 0 aliphatic heterocycles. The Morgan fingerprint density at radius 1 is 1.03 bits per heavy atom. The summed E-state index contributed by atoms with van der Waals surface area (Å²) in [4.78, 5) is 24.9. The van der Waals surface area contributed by atoms with Crippen molar-refractivity contribution in [3.8, 4) is 22.9 Å². The Balaban J connectivity index is 1.62. The summed E-state index contributed by atoms with van der Waals surface area (Å²) < 4.78 is 34.6. The lowest BCUT2D eigenvalue weighted by Gasteiger charge is -2.14. The Hall–Kier alpha value is -3.64. The monoisotopic (exact) mass is 534 g/mol. The van der Waals surface area contributed by atoms with Gasteiger partial charge >= 0.3 is 5.69 Å². The van der Waals surface area contributed by atoms with Gasteiger partial charge in [-0.1, -0.05) is 53.5 Å². The number of aromatic nitrogens is 3. The van der Waals surface area contributed by atoms with Crippen LogP contribution in [0.4, 0.5) is 0 Å². The number of phenolic OH excluding ortho intramolecular Hbond substituents is 1. The topological polar surface area (TPSA) is 143 Å². The van der Waals surface area contributed by atoms with Crippen molar-refractivity contribution in [1.29, 1.82) is 0 Å². The number of nitrogens with one attached hydrogen (secondary N) is 2. The maximum Gasteiger partial charge on any atom is 0.349 e. The lowest BCUT2D eigenvalue weighted by atomic mass is 10.2. The van der Waals surface area contributed by atoms with Crippen LogP contribution in [0.25, 0.3) is 5.69 Å². The zero-order valence-corrected chi connectivity index (χ0v) is 19.9. The summed E-state index contributed by atoms with van der Waals surface area (Å²) >= 11 is 12.6. The van der Waals surface area contributed by atoms with Crippen molar-refractivity contribution in [2.45, 2.75) is 11.4 Å². The average Bonchev–Trinajstić information content (AvgIpc) is 2.81. The number of aromatic hydroxyl groups is 1. The molecule has 0 amide bonds. The molecular formula is C22H16Cl2N4O6S. The zero-order valence-electron chi connectivity index (χ0n) is 17.6. The summed E-state index contributed by atoms with van der Waals surface area (Å²) in [5, 5.41) is 13.8. The van der Waals surface area contributed by atoms with Crippen LogP contribution in [0.15, 0.2) is 81.3 Å². The van der Waals surface area contributed by atoms with E-state index in [0.29, 0.717) is 0 Å². The Bertz CT molecular complexity index is 1600. The molecule has 180 valence electrons. The van der Waals surface area contributed by atoms with Gasteiger partial charge < -0.3 is 9.84 Å². The fraction of sp³-hybridized carbons (Fsp3) is 0.0455. The van der Waals surface area contributed by atoms with Crippen LogP contribution in [0, 0.1) is 0 Å². The van der Waals surface area contributed by atoms with Gasteiger partial charge in [-0.15, -0.1) is 0 Å². The zero-order chi connectivity index (χ0) is 25.2. The molecule has 0 spiro atoms. The largest absolute Gasteiger partial charge is 0.507 e. The van der Waals surface area contributed by atoms with Crippen molar-refractivity contribution in [2.24, 2.45) is 0 Å². The maximum absolute atomic E-state index is 12.8. The predicted molar refractivity (Wildman–Crippen MR) is 129 cm³/mol. The highest BCUT2D eigenvalue weighted by Gasteiger charge is 2.21. The maximum atomic E-state index is 12.8. The fourth-order valence-corrected chi connectivity index (χ4v) is 4.73. The molecule has 0 bridgehead atoms. The first-order valence-corrected chi connectivity index (χ1v) is 12.1. The van der Waals surface area contributed by atoms with Crippen LogP contribution >= 0.6 is 23.2 Å². The van der Waals surface area contributed by atoms with E-state index in [0.717, 1.165) is 28.6 Å². The minimum Gasteiger partial charge on any atom is -0.507 e. The van der Waals surface area contributed by atoms with E-state index in [2.05, 4.69) is 14.8 Å². The van der Waals surface area contributed by atoms with Crippen molar-refractivity contribution in [3.05, 3.63) is 103 Å². The van der Waals surface area contributed by atoms with E-state index in [1.165, 1.54) is 18.2 Å². The molecular weight excluding hydrogens is 519 g/mol. The Morgan fingerprint density at radius 3 is 2.37 bits per heavy atom. The van der Waals surface area contributed by atoms with Crippen LogP contribution in [0.1, 0.15) is 5.56 Å². The Morgan fingerprint density at radius 2 is 1.71 bits per heavy atom. The summed E-state index contributed by atoms with van der Waals surface area (Å²) in [7, 11) is -4.10.